The van der Waals surface area contributed by atoms with Crippen molar-refractivity contribution in [1.82, 2.24) is 9.21 Å². The summed E-state index contributed by atoms with van der Waals surface area (Å²) in [6.45, 7) is 0.831. The Balaban J connectivity index is 0.000000913. The number of likely N-dealkylation sites (N-methyl/N-ethyl adjacent to an activating group) is 1. The van der Waals surface area contributed by atoms with Crippen LogP contribution in [0.15, 0.2) is 28.0 Å². The lowest BCUT2D eigenvalue weighted by molar-refractivity contribution is -0.123. The van der Waals surface area contributed by atoms with Crippen LogP contribution in [0.3, 0.4) is 0 Å². The molecule has 3 aliphatic rings. The maximum atomic E-state index is 13.4. The van der Waals surface area contributed by atoms with Gasteiger partial charge in [-0.3, -0.25) is 9.59 Å². The molecule has 1 saturated carbocycles. The molecule has 9 nitrogen and oxygen atoms in total. The largest absolute Gasteiger partial charge is 0.483 e. The van der Waals surface area contributed by atoms with Gasteiger partial charge in [-0.15, -0.1) is 11.8 Å². The quantitative estimate of drug-likeness (QED) is 0.620. The molecule has 2 N–H and O–H groups in total. The van der Waals surface area contributed by atoms with Gasteiger partial charge in [0.2, 0.25) is 15.9 Å². The number of rotatable bonds is 4. The lowest BCUT2D eigenvalue weighted by Gasteiger charge is -2.40. The highest BCUT2D eigenvalue weighted by molar-refractivity contribution is 7.99. The van der Waals surface area contributed by atoms with E-state index in [1.807, 2.05) is 6.07 Å². The van der Waals surface area contributed by atoms with Gasteiger partial charge in [0.1, 0.15) is 0 Å². The van der Waals surface area contributed by atoms with E-state index >= 15 is 0 Å². The van der Waals surface area contributed by atoms with E-state index in [1.165, 1.54) is 0 Å². The zero-order chi connectivity index (χ0) is 23.5. The highest BCUT2D eigenvalue weighted by Crippen LogP contribution is 2.41. The minimum atomic E-state index is -3.60. The van der Waals surface area contributed by atoms with Crippen LogP contribution in [0.25, 0.3) is 0 Å². The number of carbonyl (C=O) groups is 2. The second-order valence-corrected chi connectivity index (χ2v) is 11.6. The van der Waals surface area contributed by atoms with E-state index in [0.29, 0.717) is 48.8 Å². The molecule has 11 heteroatoms. The Hall–Kier alpha value is -1.66. The summed E-state index contributed by atoms with van der Waals surface area (Å²) >= 11 is 1.58. The number of sulfonamides is 1. The van der Waals surface area contributed by atoms with Crippen molar-refractivity contribution < 1.29 is 27.9 Å². The number of thioether (sulfide) groups is 1. The van der Waals surface area contributed by atoms with Gasteiger partial charge in [-0.05, 0) is 57.0 Å². The molecule has 2 heterocycles. The van der Waals surface area contributed by atoms with Crippen LogP contribution in [0.2, 0.25) is 0 Å². The van der Waals surface area contributed by atoms with E-state index in [9.17, 15) is 13.2 Å². The van der Waals surface area contributed by atoms with Crippen LogP contribution in [0.4, 0.5) is 5.69 Å². The Morgan fingerprint density at radius 1 is 1.25 bits per heavy atom. The summed E-state index contributed by atoms with van der Waals surface area (Å²) in [5.74, 6) is 1.30. The van der Waals surface area contributed by atoms with Crippen molar-refractivity contribution in [3.8, 4) is 0 Å². The first-order chi connectivity index (χ1) is 15.2. The molecule has 0 radical (unpaired) electrons. The van der Waals surface area contributed by atoms with Gasteiger partial charge in [0, 0.05) is 43.3 Å². The van der Waals surface area contributed by atoms with E-state index in [2.05, 4.69) is 24.3 Å². The maximum Gasteiger partial charge on any atom is 0.290 e. The van der Waals surface area contributed by atoms with Crippen molar-refractivity contribution in [2.24, 2.45) is 11.8 Å². The first kappa shape index (κ1) is 25.0. The molecular weight excluding hydrogens is 454 g/mol. The lowest BCUT2D eigenvalue weighted by Crippen LogP contribution is -2.47. The second-order valence-electron chi connectivity index (χ2n) is 8.53. The first-order valence-electron chi connectivity index (χ1n) is 10.5. The fraction of sp³-hybridized carbons (Fsp3) is 0.619. The first-order valence-corrected chi connectivity index (χ1v) is 13.0. The third kappa shape index (κ3) is 5.28. The highest BCUT2D eigenvalue weighted by atomic mass is 32.2. The van der Waals surface area contributed by atoms with Crippen molar-refractivity contribution in [3.05, 3.63) is 18.2 Å². The number of benzene rings is 1. The monoisotopic (exact) mass is 485 g/mol. The Bertz CT molecular complexity index is 939. The molecule has 2 fully saturated rings. The molecule has 1 aliphatic carbocycles. The summed E-state index contributed by atoms with van der Waals surface area (Å²) in [6.07, 6.45) is 2.39. The van der Waals surface area contributed by atoms with Crippen LogP contribution < -0.4 is 5.32 Å². The molecule has 32 heavy (non-hydrogen) atoms. The molecule has 0 unspecified atom stereocenters. The Labute approximate surface area is 193 Å². The van der Waals surface area contributed by atoms with Crippen molar-refractivity contribution in [2.75, 3.05) is 45.4 Å². The number of carboxylic acid groups (broad SMARTS) is 1. The fourth-order valence-electron chi connectivity index (χ4n) is 4.85. The molecule has 1 saturated heterocycles. The number of anilines is 1. The summed E-state index contributed by atoms with van der Waals surface area (Å²) < 4.78 is 34.1. The third-order valence-corrected chi connectivity index (χ3v) is 9.37. The average Bonchev–Trinajstić information content (AvgIpc) is 3.08. The summed E-state index contributed by atoms with van der Waals surface area (Å²) in [4.78, 5) is 23.6. The minimum absolute atomic E-state index is 0.0710. The van der Waals surface area contributed by atoms with Gasteiger partial charge in [0.15, 0.2) is 0 Å². The summed E-state index contributed by atoms with van der Waals surface area (Å²) in [6, 6.07) is 5.40. The molecule has 4 rings (SSSR count). The minimum Gasteiger partial charge on any atom is -0.483 e. The van der Waals surface area contributed by atoms with Crippen molar-refractivity contribution in [1.29, 1.82) is 0 Å². The van der Waals surface area contributed by atoms with Crippen LogP contribution in [0.5, 0.6) is 0 Å². The zero-order valence-electron chi connectivity index (χ0n) is 18.6. The summed E-state index contributed by atoms with van der Waals surface area (Å²) in [7, 11) is 2.26. The molecular formula is C21H31N3O6S2. The Morgan fingerprint density at radius 2 is 1.91 bits per heavy atom. The highest BCUT2D eigenvalue weighted by Gasteiger charge is 2.46. The number of hydrogen-bond acceptors (Lipinski definition) is 7. The molecule has 2 aliphatic heterocycles. The number of fused-ring (bicyclic) bond motifs is 2. The van der Waals surface area contributed by atoms with Gasteiger partial charge in [-0.25, -0.2) is 8.42 Å². The van der Waals surface area contributed by atoms with E-state index in [4.69, 9.17) is 14.6 Å². The number of methoxy groups -OCH3 is 1. The van der Waals surface area contributed by atoms with Gasteiger partial charge in [0.05, 0.1) is 16.7 Å². The maximum absolute atomic E-state index is 13.4. The standard InChI is InChI=1S/C20H29N3O4S2.CH2O2/c1-22(2)17-8-13-11-23(12-14(13)9-18(17)27-3)29(25,26)15-4-5-19-16(10-15)21-20(24)6-7-28-19;2-1-3/h4-5,10,13-14,17-18H,6-9,11-12H2,1-3H3,(H,21,24);1H,(H,2,3)/t13-,14+,17-,18-;/m1./s1. The number of hydrogen-bond donors (Lipinski definition) is 2. The summed E-state index contributed by atoms with van der Waals surface area (Å²) in [5.41, 5.74) is 0.599. The van der Waals surface area contributed by atoms with E-state index < -0.39 is 10.0 Å². The number of ether oxygens (including phenoxy) is 1. The SMILES string of the molecule is CO[C@@H]1C[C@H]2CN(S(=O)(=O)c3ccc4c(c3)NC(=O)CCS4)C[C@H]2C[C@H]1N(C)C.O=CO. The summed E-state index contributed by atoms with van der Waals surface area (Å²) in [5, 5.41) is 9.73. The topological polar surface area (TPSA) is 116 Å². The van der Waals surface area contributed by atoms with Crippen LogP contribution in [0.1, 0.15) is 19.3 Å². The predicted molar refractivity (Wildman–Crippen MR) is 122 cm³/mol. The van der Waals surface area contributed by atoms with Gasteiger partial charge in [0.25, 0.3) is 6.47 Å². The Kier molecular flexibility index (Phi) is 8.21. The van der Waals surface area contributed by atoms with Crippen molar-refractivity contribution in [3.63, 3.8) is 0 Å². The number of nitrogens with zero attached hydrogens (tertiary/aromatic N) is 2. The van der Waals surface area contributed by atoms with Gasteiger partial charge < -0.3 is 20.1 Å². The molecule has 0 aromatic heterocycles. The number of amides is 1. The van der Waals surface area contributed by atoms with E-state index in [0.717, 1.165) is 17.7 Å². The van der Waals surface area contributed by atoms with Gasteiger partial charge in [-0.1, -0.05) is 0 Å². The van der Waals surface area contributed by atoms with Crippen LogP contribution in [-0.4, -0.2) is 87.3 Å². The van der Waals surface area contributed by atoms with Crippen molar-refractivity contribution in [2.45, 2.75) is 41.2 Å². The fourth-order valence-corrected chi connectivity index (χ4v) is 7.37. The molecule has 4 atom stereocenters. The van der Waals surface area contributed by atoms with Crippen LogP contribution in [-0.2, 0) is 24.3 Å². The zero-order valence-corrected chi connectivity index (χ0v) is 20.2. The van der Waals surface area contributed by atoms with Crippen LogP contribution in [0, 0.1) is 11.8 Å². The van der Waals surface area contributed by atoms with E-state index in [-0.39, 0.29) is 23.4 Å². The predicted octanol–water partition coefficient (Wildman–Crippen LogP) is 1.80. The van der Waals surface area contributed by atoms with Crippen LogP contribution >= 0.6 is 11.8 Å². The van der Waals surface area contributed by atoms with Gasteiger partial charge >= 0.3 is 0 Å². The average molecular weight is 486 g/mol. The normalized spacial score (nSPS) is 28.1. The second kappa shape index (κ2) is 10.5. The lowest BCUT2D eigenvalue weighted by atomic mass is 9.77. The Morgan fingerprint density at radius 3 is 2.53 bits per heavy atom. The molecule has 0 spiro atoms. The van der Waals surface area contributed by atoms with Crippen molar-refractivity contribution >= 4 is 39.9 Å². The third-order valence-electron chi connectivity index (χ3n) is 6.47. The molecule has 1 amide bonds. The number of carbonyl (C=O) groups excluding carboxylic acids is 1. The number of nitrogens with one attached hydrogen (secondary N) is 1. The van der Waals surface area contributed by atoms with Gasteiger partial charge in [-0.2, -0.15) is 4.31 Å². The smallest absolute Gasteiger partial charge is 0.290 e. The molecule has 178 valence electrons. The molecule has 0 bridgehead atoms. The molecule has 1 aromatic rings. The van der Waals surface area contributed by atoms with E-state index in [1.54, 1.807) is 35.3 Å². The molecule has 1 aromatic carbocycles.